The number of carbonyl (C=O) groups is 2. The van der Waals surface area contributed by atoms with E-state index in [9.17, 15) is 9.59 Å². The highest BCUT2D eigenvalue weighted by Gasteiger charge is 2.25. The number of rotatable bonds is 6. The zero-order valence-corrected chi connectivity index (χ0v) is 15.1. The van der Waals surface area contributed by atoms with Crippen molar-refractivity contribution >= 4 is 28.5 Å². The normalized spacial score (nSPS) is 12.0. The molecule has 0 saturated carbocycles. The topological polar surface area (TPSA) is 113 Å². The van der Waals surface area contributed by atoms with Crippen LogP contribution >= 0.6 is 0 Å². The summed E-state index contributed by atoms with van der Waals surface area (Å²) in [6, 6.07) is 11.7. The summed E-state index contributed by atoms with van der Waals surface area (Å²) in [6.07, 6.45) is 3.53. The Morgan fingerprint density at radius 3 is 2.82 bits per heavy atom. The lowest BCUT2D eigenvalue weighted by Gasteiger charge is -2.17. The smallest absolute Gasteiger partial charge is 0.287 e. The van der Waals surface area contributed by atoms with Crippen LogP contribution in [0.25, 0.3) is 10.9 Å². The van der Waals surface area contributed by atoms with Gasteiger partial charge in [0.25, 0.3) is 5.91 Å². The van der Waals surface area contributed by atoms with Gasteiger partial charge in [0.2, 0.25) is 5.91 Å². The number of amides is 2. The molecule has 1 aromatic carbocycles. The molecule has 1 atom stereocenters. The van der Waals surface area contributed by atoms with Crippen molar-refractivity contribution in [2.45, 2.75) is 19.4 Å². The third-order valence-electron chi connectivity index (χ3n) is 4.34. The maximum absolute atomic E-state index is 12.8. The Kier molecular flexibility index (Phi) is 4.67. The van der Waals surface area contributed by atoms with Gasteiger partial charge in [0.15, 0.2) is 11.6 Å². The molecule has 0 aliphatic carbocycles. The van der Waals surface area contributed by atoms with Crippen molar-refractivity contribution in [3.63, 3.8) is 0 Å². The summed E-state index contributed by atoms with van der Waals surface area (Å²) < 4.78 is 10.1. The molecule has 0 fully saturated rings. The number of aryl methyl sites for hydroxylation is 1. The number of benzene rings is 1. The monoisotopic (exact) mass is 378 g/mol. The standard InChI is InChI=1S/C20H18N4O4/c1-12-9-18(24-28-12)23-19(25)16(22-20(26)17-7-4-8-27-17)10-13-11-21-15-6-3-2-5-14(13)15/h2-9,11,16,21H,10H2,1H3,(H,22,26)(H,23,24,25)/t16-/m0/s1. The van der Waals surface area contributed by atoms with Crippen LogP contribution in [0.15, 0.2) is 63.9 Å². The predicted octanol–water partition coefficient (Wildman–Crippen LogP) is 3.04. The average Bonchev–Trinajstić information content (AvgIpc) is 3.43. The Hall–Kier alpha value is -3.81. The third-order valence-corrected chi connectivity index (χ3v) is 4.34. The molecule has 142 valence electrons. The van der Waals surface area contributed by atoms with Crippen LogP contribution in [0.1, 0.15) is 21.9 Å². The molecule has 8 nitrogen and oxygen atoms in total. The lowest BCUT2D eigenvalue weighted by molar-refractivity contribution is -0.118. The quantitative estimate of drug-likeness (QED) is 0.477. The van der Waals surface area contributed by atoms with Gasteiger partial charge in [-0.2, -0.15) is 0 Å². The molecule has 8 heteroatoms. The summed E-state index contributed by atoms with van der Waals surface area (Å²) in [5.74, 6) is 0.121. The van der Waals surface area contributed by atoms with Gasteiger partial charge in [0.1, 0.15) is 11.8 Å². The number of fused-ring (bicyclic) bond motifs is 1. The minimum atomic E-state index is -0.839. The van der Waals surface area contributed by atoms with Gasteiger partial charge in [-0.25, -0.2) is 0 Å². The fourth-order valence-corrected chi connectivity index (χ4v) is 3.01. The number of anilines is 1. The lowest BCUT2D eigenvalue weighted by atomic mass is 10.0. The Labute approximate surface area is 159 Å². The first kappa shape index (κ1) is 17.6. The van der Waals surface area contributed by atoms with E-state index in [1.54, 1.807) is 19.1 Å². The van der Waals surface area contributed by atoms with Crippen molar-refractivity contribution in [1.29, 1.82) is 0 Å². The maximum Gasteiger partial charge on any atom is 0.287 e. The Morgan fingerprint density at radius 1 is 1.21 bits per heavy atom. The molecule has 0 spiro atoms. The summed E-state index contributed by atoms with van der Waals surface area (Å²) in [4.78, 5) is 28.5. The van der Waals surface area contributed by atoms with E-state index in [2.05, 4.69) is 20.8 Å². The number of H-pyrrole nitrogens is 1. The Balaban J connectivity index is 1.58. The second kappa shape index (κ2) is 7.43. The highest BCUT2D eigenvalue weighted by molar-refractivity contribution is 6.00. The van der Waals surface area contributed by atoms with Crippen LogP contribution in [0.3, 0.4) is 0 Å². The molecule has 0 aliphatic rings. The summed E-state index contributed by atoms with van der Waals surface area (Å²) in [7, 11) is 0. The van der Waals surface area contributed by atoms with E-state index in [-0.39, 0.29) is 5.76 Å². The minimum absolute atomic E-state index is 0.133. The van der Waals surface area contributed by atoms with E-state index in [0.29, 0.717) is 18.0 Å². The fourth-order valence-electron chi connectivity index (χ4n) is 3.01. The molecule has 4 rings (SSSR count). The lowest BCUT2D eigenvalue weighted by Crippen LogP contribution is -2.45. The zero-order valence-electron chi connectivity index (χ0n) is 15.1. The van der Waals surface area contributed by atoms with Gasteiger partial charge in [0, 0.05) is 29.6 Å². The SMILES string of the molecule is Cc1cc(NC(=O)[C@H](Cc2c[nH]c3ccccc23)NC(=O)c2ccco2)no1. The Morgan fingerprint density at radius 2 is 2.07 bits per heavy atom. The van der Waals surface area contributed by atoms with Gasteiger partial charge in [-0.1, -0.05) is 23.4 Å². The largest absolute Gasteiger partial charge is 0.459 e. The molecular formula is C20H18N4O4. The van der Waals surface area contributed by atoms with Crippen molar-refractivity contribution in [1.82, 2.24) is 15.5 Å². The molecular weight excluding hydrogens is 360 g/mol. The second-order valence-corrected chi connectivity index (χ2v) is 6.38. The molecule has 0 unspecified atom stereocenters. The van der Waals surface area contributed by atoms with Gasteiger partial charge < -0.3 is 24.6 Å². The first-order chi connectivity index (χ1) is 13.6. The number of furan rings is 1. The van der Waals surface area contributed by atoms with Crippen LogP contribution in [0, 0.1) is 6.92 Å². The van der Waals surface area contributed by atoms with Crippen LogP contribution in [0.2, 0.25) is 0 Å². The predicted molar refractivity (Wildman–Crippen MR) is 102 cm³/mol. The molecule has 0 radical (unpaired) electrons. The number of hydrogen-bond acceptors (Lipinski definition) is 5. The van der Waals surface area contributed by atoms with Gasteiger partial charge >= 0.3 is 0 Å². The number of para-hydroxylation sites is 1. The van der Waals surface area contributed by atoms with E-state index in [1.807, 2.05) is 30.5 Å². The molecule has 2 amide bonds. The molecule has 3 heterocycles. The minimum Gasteiger partial charge on any atom is -0.459 e. The van der Waals surface area contributed by atoms with Crippen LogP contribution in [0.4, 0.5) is 5.82 Å². The Bertz CT molecular complexity index is 1110. The second-order valence-electron chi connectivity index (χ2n) is 6.38. The number of aromatic nitrogens is 2. The van der Waals surface area contributed by atoms with Crippen LogP contribution in [-0.2, 0) is 11.2 Å². The number of nitrogens with zero attached hydrogens (tertiary/aromatic N) is 1. The summed E-state index contributed by atoms with van der Waals surface area (Å²) in [5, 5.41) is 10.2. The summed E-state index contributed by atoms with van der Waals surface area (Å²) in [6.45, 7) is 1.73. The fraction of sp³-hybridized carbons (Fsp3) is 0.150. The highest BCUT2D eigenvalue weighted by atomic mass is 16.5. The van der Waals surface area contributed by atoms with Gasteiger partial charge in [-0.3, -0.25) is 9.59 Å². The molecule has 0 bridgehead atoms. The van der Waals surface area contributed by atoms with Gasteiger partial charge in [0.05, 0.1) is 6.26 Å². The average molecular weight is 378 g/mol. The zero-order chi connectivity index (χ0) is 19.5. The molecule has 28 heavy (non-hydrogen) atoms. The maximum atomic E-state index is 12.8. The third kappa shape index (κ3) is 3.66. The number of hydrogen-bond donors (Lipinski definition) is 3. The van der Waals surface area contributed by atoms with Gasteiger partial charge in [-0.15, -0.1) is 0 Å². The van der Waals surface area contributed by atoms with E-state index >= 15 is 0 Å². The number of nitrogens with one attached hydrogen (secondary N) is 3. The highest BCUT2D eigenvalue weighted by Crippen LogP contribution is 2.20. The van der Waals surface area contributed by atoms with Crippen molar-refractivity contribution in [2.24, 2.45) is 0 Å². The molecule has 0 aliphatic heterocycles. The number of aromatic amines is 1. The number of carbonyl (C=O) groups excluding carboxylic acids is 2. The van der Waals surface area contributed by atoms with Crippen molar-refractivity contribution in [2.75, 3.05) is 5.32 Å². The van der Waals surface area contributed by atoms with E-state index < -0.39 is 17.9 Å². The molecule has 3 aromatic heterocycles. The molecule has 0 saturated heterocycles. The van der Waals surface area contributed by atoms with E-state index in [0.717, 1.165) is 16.5 Å². The van der Waals surface area contributed by atoms with Gasteiger partial charge in [-0.05, 0) is 30.7 Å². The summed E-state index contributed by atoms with van der Waals surface area (Å²) in [5.41, 5.74) is 1.87. The van der Waals surface area contributed by atoms with Crippen LogP contribution in [-0.4, -0.2) is 28.0 Å². The first-order valence-electron chi connectivity index (χ1n) is 8.73. The summed E-state index contributed by atoms with van der Waals surface area (Å²) >= 11 is 0. The van der Waals surface area contributed by atoms with Crippen molar-refractivity contribution in [3.8, 4) is 0 Å². The first-order valence-corrected chi connectivity index (χ1v) is 8.73. The molecule has 3 N–H and O–H groups in total. The van der Waals surface area contributed by atoms with E-state index in [4.69, 9.17) is 8.94 Å². The van der Waals surface area contributed by atoms with Crippen molar-refractivity contribution in [3.05, 3.63) is 72.0 Å². The van der Waals surface area contributed by atoms with Crippen LogP contribution < -0.4 is 10.6 Å². The van der Waals surface area contributed by atoms with Crippen molar-refractivity contribution < 1.29 is 18.5 Å². The van der Waals surface area contributed by atoms with Crippen LogP contribution in [0.5, 0.6) is 0 Å². The van der Waals surface area contributed by atoms with E-state index in [1.165, 1.54) is 12.3 Å². The molecule has 4 aromatic rings.